The molecule has 1 amide bonds. The number of halogens is 3. The zero-order valence-electron chi connectivity index (χ0n) is 22.7. The smallest absolute Gasteiger partial charge is 0.322 e. The van der Waals surface area contributed by atoms with Crippen LogP contribution in [0.15, 0.2) is 67.3 Å². The number of benzene rings is 1. The number of likely N-dealkylation sites (tertiary alicyclic amines) is 1. The van der Waals surface area contributed by atoms with E-state index in [1.807, 2.05) is 13.0 Å². The molecule has 1 atom stereocenters. The summed E-state index contributed by atoms with van der Waals surface area (Å²) in [5.74, 6) is -0.580. The zero-order chi connectivity index (χ0) is 29.0. The maximum Gasteiger partial charge on any atom is 0.417 e. The molecule has 8 nitrogen and oxygen atoms in total. The van der Waals surface area contributed by atoms with E-state index in [2.05, 4.69) is 35.5 Å². The molecule has 1 unspecified atom stereocenters. The number of likely N-dealkylation sites (N-methyl/N-ethyl adjacent to an activating group) is 1. The van der Waals surface area contributed by atoms with Gasteiger partial charge in [-0.2, -0.15) is 13.2 Å². The third kappa shape index (κ3) is 6.68. The second-order valence-electron chi connectivity index (χ2n) is 9.98. The van der Waals surface area contributed by atoms with Gasteiger partial charge in [-0.05, 0) is 80.7 Å². The van der Waals surface area contributed by atoms with Crippen molar-refractivity contribution < 1.29 is 18.0 Å². The van der Waals surface area contributed by atoms with Crippen LogP contribution in [0.25, 0.3) is 11.3 Å². The van der Waals surface area contributed by atoms with E-state index in [0.717, 1.165) is 37.6 Å². The molecule has 212 valence electrons. The Kier molecular flexibility index (Phi) is 8.25. The van der Waals surface area contributed by atoms with Crippen molar-refractivity contribution >= 4 is 23.2 Å². The van der Waals surface area contributed by atoms with Crippen LogP contribution in [0.2, 0.25) is 0 Å². The highest BCUT2D eigenvalue weighted by atomic mass is 19.4. The number of aromatic nitrogens is 4. The Morgan fingerprint density at radius 1 is 1.10 bits per heavy atom. The molecule has 4 aromatic rings. The highest BCUT2D eigenvalue weighted by molar-refractivity contribution is 6.05. The average Bonchev–Trinajstić information content (AvgIpc) is 2.98. The summed E-state index contributed by atoms with van der Waals surface area (Å²) in [4.78, 5) is 32.5. The van der Waals surface area contributed by atoms with Crippen LogP contribution >= 0.6 is 0 Å². The van der Waals surface area contributed by atoms with Crippen molar-refractivity contribution in [3.05, 3.63) is 89.6 Å². The molecule has 3 aromatic heterocycles. The Morgan fingerprint density at radius 3 is 2.71 bits per heavy atom. The van der Waals surface area contributed by atoms with Gasteiger partial charge < -0.3 is 15.5 Å². The molecule has 0 spiro atoms. The van der Waals surface area contributed by atoms with E-state index in [9.17, 15) is 18.0 Å². The van der Waals surface area contributed by atoms with Crippen molar-refractivity contribution in [2.45, 2.75) is 38.8 Å². The fourth-order valence-corrected chi connectivity index (χ4v) is 5.00. The summed E-state index contributed by atoms with van der Waals surface area (Å²) in [7, 11) is 0. The summed E-state index contributed by atoms with van der Waals surface area (Å²) in [5.41, 5.74) is 2.00. The average molecular weight is 562 g/mol. The van der Waals surface area contributed by atoms with Gasteiger partial charge >= 0.3 is 6.18 Å². The molecule has 5 rings (SSSR count). The molecule has 1 aliphatic rings. The number of anilines is 3. The van der Waals surface area contributed by atoms with Gasteiger partial charge in [-0.1, -0.05) is 13.0 Å². The number of pyridine rings is 2. The molecule has 2 N–H and O–H groups in total. The molecule has 1 aliphatic heterocycles. The number of carbonyl (C=O) groups is 1. The minimum atomic E-state index is -4.68. The highest BCUT2D eigenvalue weighted by Crippen LogP contribution is 2.36. The summed E-state index contributed by atoms with van der Waals surface area (Å²) < 4.78 is 42.4. The van der Waals surface area contributed by atoms with E-state index in [4.69, 9.17) is 0 Å². The molecule has 1 aromatic carbocycles. The quantitative estimate of drug-likeness (QED) is 0.268. The van der Waals surface area contributed by atoms with E-state index < -0.39 is 23.2 Å². The number of hydrogen-bond donors (Lipinski definition) is 2. The molecule has 41 heavy (non-hydrogen) atoms. The van der Waals surface area contributed by atoms with Gasteiger partial charge in [-0.3, -0.25) is 14.8 Å². The number of piperidine rings is 1. The molecule has 0 saturated carbocycles. The lowest BCUT2D eigenvalue weighted by Crippen LogP contribution is -2.34. The third-order valence-electron chi connectivity index (χ3n) is 7.22. The van der Waals surface area contributed by atoms with Crippen molar-refractivity contribution in [1.29, 1.82) is 0 Å². The standard InChI is InChI=1S/C30H30F3N7O/c1-3-40-13-5-7-22(18-40)20-8-9-24(25(14-20)30(31,32)33)28(41)37-23-15-27(19(2)36-17-23)39-29-35-12-10-26(38-29)21-6-4-11-34-16-21/h4,6,8-12,14-17,22H,3,5,7,13,18H2,1-2H3,(H,37,41)(H,35,38,39). The molecule has 1 saturated heterocycles. The first-order valence-electron chi connectivity index (χ1n) is 13.4. The summed E-state index contributed by atoms with van der Waals surface area (Å²) in [6.07, 6.45) is 3.41. The highest BCUT2D eigenvalue weighted by Gasteiger charge is 2.36. The number of hydrogen-bond acceptors (Lipinski definition) is 7. The molecule has 1 fully saturated rings. The maximum atomic E-state index is 14.1. The Labute approximate surface area is 236 Å². The predicted molar refractivity (Wildman–Crippen MR) is 151 cm³/mol. The van der Waals surface area contributed by atoms with Crippen molar-refractivity contribution in [3.63, 3.8) is 0 Å². The summed E-state index contributed by atoms with van der Waals surface area (Å²) in [6, 6.07) is 11.1. The van der Waals surface area contributed by atoms with Crippen molar-refractivity contribution in [2.24, 2.45) is 0 Å². The SMILES string of the molecule is CCN1CCCC(c2ccc(C(=O)Nc3cnc(C)c(Nc4nccc(-c5cccnc5)n4)c3)c(C(F)(F)F)c2)C1. The van der Waals surface area contributed by atoms with Crippen LogP contribution in [-0.4, -0.2) is 50.4 Å². The maximum absolute atomic E-state index is 14.1. The predicted octanol–water partition coefficient (Wildman–Crippen LogP) is 6.46. The number of nitrogens with one attached hydrogen (secondary N) is 2. The Morgan fingerprint density at radius 2 is 1.95 bits per heavy atom. The molecular weight excluding hydrogens is 531 g/mol. The molecule has 0 aliphatic carbocycles. The number of alkyl halides is 3. The summed E-state index contributed by atoms with van der Waals surface area (Å²) in [5, 5.41) is 5.66. The number of carbonyl (C=O) groups excluding carboxylic acids is 1. The Hall–Kier alpha value is -4.38. The normalized spacial score (nSPS) is 15.9. The fourth-order valence-electron chi connectivity index (χ4n) is 5.00. The van der Waals surface area contributed by atoms with Gasteiger partial charge in [0.05, 0.1) is 40.1 Å². The van der Waals surface area contributed by atoms with E-state index in [-0.39, 0.29) is 11.6 Å². The van der Waals surface area contributed by atoms with E-state index in [0.29, 0.717) is 35.1 Å². The van der Waals surface area contributed by atoms with Crippen LogP contribution in [0.1, 0.15) is 52.9 Å². The largest absolute Gasteiger partial charge is 0.417 e. The van der Waals surface area contributed by atoms with Gasteiger partial charge in [-0.15, -0.1) is 0 Å². The molecular formula is C30H30F3N7O. The second-order valence-corrected chi connectivity index (χ2v) is 9.98. The second kappa shape index (κ2) is 12.0. The van der Waals surface area contributed by atoms with E-state index in [1.165, 1.54) is 12.3 Å². The van der Waals surface area contributed by atoms with Gasteiger partial charge in [-0.25, -0.2) is 9.97 Å². The molecule has 0 radical (unpaired) electrons. The molecule has 4 heterocycles. The first-order chi connectivity index (χ1) is 19.7. The summed E-state index contributed by atoms with van der Waals surface area (Å²) >= 11 is 0. The lowest BCUT2D eigenvalue weighted by atomic mass is 9.88. The van der Waals surface area contributed by atoms with Crippen molar-refractivity contribution in [2.75, 3.05) is 30.3 Å². The van der Waals surface area contributed by atoms with Gasteiger partial charge in [0.2, 0.25) is 5.95 Å². The lowest BCUT2D eigenvalue weighted by molar-refractivity contribution is -0.138. The number of amides is 1. The Bertz CT molecular complexity index is 1530. The minimum Gasteiger partial charge on any atom is -0.322 e. The topological polar surface area (TPSA) is 95.9 Å². The first-order valence-corrected chi connectivity index (χ1v) is 13.4. The van der Waals surface area contributed by atoms with E-state index >= 15 is 0 Å². The fraction of sp³-hybridized carbons (Fsp3) is 0.300. The van der Waals surface area contributed by atoms with Crippen molar-refractivity contribution in [1.82, 2.24) is 24.8 Å². The van der Waals surface area contributed by atoms with Crippen LogP contribution in [-0.2, 0) is 6.18 Å². The summed E-state index contributed by atoms with van der Waals surface area (Å²) in [6.45, 7) is 6.31. The Balaban J connectivity index is 1.36. The lowest BCUT2D eigenvalue weighted by Gasteiger charge is -2.32. The van der Waals surface area contributed by atoms with Gasteiger partial charge in [0.1, 0.15) is 0 Å². The third-order valence-corrected chi connectivity index (χ3v) is 7.22. The number of nitrogens with zero attached hydrogens (tertiary/aromatic N) is 5. The monoisotopic (exact) mass is 561 g/mol. The minimum absolute atomic E-state index is 0.00397. The van der Waals surface area contributed by atoms with Crippen LogP contribution in [0.5, 0.6) is 0 Å². The van der Waals surface area contributed by atoms with Crippen LogP contribution in [0.3, 0.4) is 0 Å². The van der Waals surface area contributed by atoms with Gasteiger partial charge in [0.25, 0.3) is 5.91 Å². The number of aryl methyl sites for hydroxylation is 1. The van der Waals surface area contributed by atoms with Gasteiger partial charge in [0.15, 0.2) is 0 Å². The van der Waals surface area contributed by atoms with Crippen LogP contribution < -0.4 is 10.6 Å². The van der Waals surface area contributed by atoms with E-state index in [1.54, 1.807) is 49.8 Å². The first kappa shape index (κ1) is 28.2. The zero-order valence-corrected chi connectivity index (χ0v) is 22.7. The van der Waals surface area contributed by atoms with Gasteiger partial charge in [0, 0.05) is 30.7 Å². The molecule has 11 heteroatoms. The van der Waals surface area contributed by atoms with Crippen molar-refractivity contribution in [3.8, 4) is 11.3 Å². The molecule has 0 bridgehead atoms. The van der Waals surface area contributed by atoms with Crippen LogP contribution in [0.4, 0.5) is 30.5 Å². The van der Waals surface area contributed by atoms with Crippen LogP contribution in [0, 0.1) is 6.92 Å². The number of rotatable bonds is 7.